The lowest BCUT2D eigenvalue weighted by molar-refractivity contribution is -0.130. The van der Waals surface area contributed by atoms with E-state index in [0.29, 0.717) is 15.8 Å². The number of hydrogen-bond acceptors (Lipinski definition) is 3. The summed E-state index contributed by atoms with van der Waals surface area (Å²) in [6, 6.07) is 22.7. The summed E-state index contributed by atoms with van der Waals surface area (Å²) in [6.07, 6.45) is 0.943. The number of amides is 1. The van der Waals surface area contributed by atoms with Gasteiger partial charge in [0.1, 0.15) is 11.7 Å². The number of nitrogens with one attached hydrogen (secondary N) is 2. The van der Waals surface area contributed by atoms with Crippen LogP contribution in [0.15, 0.2) is 72.8 Å². The molecule has 2 N–H and O–H groups in total. The van der Waals surface area contributed by atoms with Crippen LogP contribution in [-0.2, 0) is 11.2 Å². The van der Waals surface area contributed by atoms with E-state index in [1.165, 1.54) is 5.56 Å². The zero-order chi connectivity index (χ0) is 23.2. The first kappa shape index (κ1) is 21.7. The molecule has 1 fully saturated rings. The van der Waals surface area contributed by atoms with E-state index >= 15 is 0 Å². The number of ether oxygens (including phenoxy) is 1. The molecule has 0 aliphatic carbocycles. The number of carbonyl (C=O) groups excluding carboxylic acids is 1. The van der Waals surface area contributed by atoms with Gasteiger partial charge >= 0.3 is 0 Å². The number of anilines is 2. The molecule has 0 radical (unpaired) electrons. The molecule has 0 saturated carbocycles. The summed E-state index contributed by atoms with van der Waals surface area (Å²) in [5.74, 6) is -0.00384. The van der Waals surface area contributed by atoms with Crippen LogP contribution < -0.4 is 20.3 Å². The standard InChI is InChI=1S/C26H24ClN3O2S/c1-3-16-8-14-19(15-9-16)30-25(33)29-23-20-6-4-5-7-21(20)32-26(30,2)22(23)24(31)28-18-12-10-17(27)11-13-18/h4-15,22-23H,3H2,1-2H3,(H,28,31)(H,29,33)/t22-,23-,26-/m0/s1. The maximum atomic E-state index is 13.7. The normalized spacial score (nSPS) is 23.2. The van der Waals surface area contributed by atoms with Gasteiger partial charge in [0.05, 0.1) is 6.04 Å². The predicted molar refractivity (Wildman–Crippen MR) is 136 cm³/mol. The van der Waals surface area contributed by atoms with Gasteiger partial charge in [0.2, 0.25) is 5.91 Å². The Balaban J connectivity index is 1.59. The van der Waals surface area contributed by atoms with Crippen LogP contribution in [0.3, 0.4) is 0 Å². The molecule has 2 aliphatic rings. The molecular weight excluding hydrogens is 454 g/mol. The van der Waals surface area contributed by atoms with Gasteiger partial charge in [-0.3, -0.25) is 9.69 Å². The molecule has 3 aromatic carbocycles. The lowest BCUT2D eigenvalue weighted by atomic mass is 9.78. The van der Waals surface area contributed by atoms with Crippen molar-refractivity contribution < 1.29 is 9.53 Å². The van der Waals surface area contributed by atoms with E-state index in [1.807, 2.05) is 48.2 Å². The van der Waals surface area contributed by atoms with Crippen molar-refractivity contribution in [2.24, 2.45) is 5.92 Å². The van der Waals surface area contributed by atoms with Gasteiger partial charge in [-0.2, -0.15) is 0 Å². The second-order valence-electron chi connectivity index (χ2n) is 8.45. The molecule has 2 heterocycles. The molecular formula is C26H24ClN3O2S. The fourth-order valence-corrected chi connectivity index (χ4v) is 5.29. The van der Waals surface area contributed by atoms with Crippen molar-refractivity contribution >= 4 is 46.2 Å². The van der Waals surface area contributed by atoms with Gasteiger partial charge in [0.25, 0.3) is 0 Å². The highest BCUT2D eigenvalue weighted by Crippen LogP contribution is 2.49. The Hall–Kier alpha value is -3.09. The predicted octanol–water partition coefficient (Wildman–Crippen LogP) is 5.70. The number of aryl methyl sites for hydroxylation is 1. The summed E-state index contributed by atoms with van der Waals surface area (Å²) in [4.78, 5) is 15.6. The highest BCUT2D eigenvalue weighted by Gasteiger charge is 2.59. The van der Waals surface area contributed by atoms with Gasteiger partial charge in [0.15, 0.2) is 10.8 Å². The highest BCUT2D eigenvalue weighted by molar-refractivity contribution is 7.80. The summed E-state index contributed by atoms with van der Waals surface area (Å²) in [5, 5.41) is 7.61. The monoisotopic (exact) mass is 477 g/mol. The molecule has 5 nitrogen and oxygen atoms in total. The molecule has 0 unspecified atom stereocenters. The first-order chi connectivity index (χ1) is 15.9. The molecule has 2 bridgehead atoms. The number of benzene rings is 3. The van der Waals surface area contributed by atoms with E-state index in [9.17, 15) is 4.79 Å². The smallest absolute Gasteiger partial charge is 0.236 e. The van der Waals surface area contributed by atoms with Crippen LogP contribution in [0, 0.1) is 5.92 Å². The van der Waals surface area contributed by atoms with Gasteiger partial charge in [-0.15, -0.1) is 0 Å². The van der Waals surface area contributed by atoms with Crippen molar-refractivity contribution in [1.82, 2.24) is 5.32 Å². The third-order valence-corrected chi connectivity index (χ3v) is 6.96. The number of nitrogens with zero attached hydrogens (tertiary/aromatic N) is 1. The number of para-hydroxylation sites is 1. The van der Waals surface area contributed by atoms with Gasteiger partial charge in [-0.05, 0) is 73.6 Å². The molecule has 168 valence electrons. The Morgan fingerprint density at radius 1 is 1.12 bits per heavy atom. The second kappa shape index (κ2) is 8.36. The molecule has 1 amide bonds. The van der Waals surface area contributed by atoms with Crippen molar-refractivity contribution in [1.29, 1.82) is 0 Å². The summed E-state index contributed by atoms with van der Waals surface area (Å²) < 4.78 is 6.59. The van der Waals surface area contributed by atoms with Crippen LogP contribution >= 0.6 is 23.8 Å². The molecule has 0 spiro atoms. The minimum atomic E-state index is -1.04. The third-order valence-electron chi connectivity index (χ3n) is 6.40. The largest absolute Gasteiger partial charge is 0.467 e. The Morgan fingerprint density at radius 2 is 1.82 bits per heavy atom. The Labute approximate surface area is 203 Å². The summed E-state index contributed by atoms with van der Waals surface area (Å²) in [6.45, 7) is 4.05. The number of fused-ring (bicyclic) bond motifs is 4. The van der Waals surface area contributed by atoms with Crippen molar-refractivity contribution in [3.8, 4) is 5.75 Å². The first-order valence-electron chi connectivity index (χ1n) is 10.9. The second-order valence-corrected chi connectivity index (χ2v) is 9.27. The van der Waals surface area contributed by atoms with E-state index in [1.54, 1.807) is 24.3 Å². The van der Waals surface area contributed by atoms with Crippen LogP contribution in [-0.4, -0.2) is 16.7 Å². The molecule has 3 atom stereocenters. The fourth-order valence-electron chi connectivity index (χ4n) is 4.75. The number of rotatable bonds is 4. The lowest BCUT2D eigenvalue weighted by Gasteiger charge is -2.56. The van der Waals surface area contributed by atoms with E-state index < -0.39 is 11.6 Å². The van der Waals surface area contributed by atoms with E-state index in [-0.39, 0.29) is 11.9 Å². The van der Waals surface area contributed by atoms with E-state index in [2.05, 4.69) is 29.7 Å². The van der Waals surface area contributed by atoms with Crippen molar-refractivity contribution in [2.75, 3.05) is 10.2 Å². The number of halogens is 1. The zero-order valence-electron chi connectivity index (χ0n) is 18.3. The summed E-state index contributed by atoms with van der Waals surface area (Å²) in [5.41, 5.74) is 2.64. The van der Waals surface area contributed by atoms with Gasteiger partial charge in [0, 0.05) is 22.0 Å². The SMILES string of the molecule is CCc1ccc(N2C(=S)N[C@H]3c4ccccc4O[C@@]2(C)[C@@H]3C(=O)Nc2ccc(Cl)cc2)cc1. The summed E-state index contributed by atoms with van der Waals surface area (Å²) in [7, 11) is 0. The average Bonchev–Trinajstić information content (AvgIpc) is 2.80. The minimum absolute atomic E-state index is 0.162. The average molecular weight is 478 g/mol. The molecule has 0 aromatic heterocycles. The maximum absolute atomic E-state index is 13.7. The quantitative estimate of drug-likeness (QED) is 0.472. The lowest BCUT2D eigenvalue weighted by Crippen LogP contribution is -2.72. The van der Waals surface area contributed by atoms with Gasteiger partial charge in [-0.25, -0.2) is 0 Å². The topological polar surface area (TPSA) is 53.6 Å². The fraction of sp³-hybridized carbons (Fsp3) is 0.231. The van der Waals surface area contributed by atoms with Crippen LogP contribution in [0.1, 0.15) is 31.0 Å². The van der Waals surface area contributed by atoms with Crippen molar-refractivity contribution in [2.45, 2.75) is 32.0 Å². The Bertz CT molecular complexity index is 1210. The molecule has 7 heteroatoms. The maximum Gasteiger partial charge on any atom is 0.236 e. The summed E-state index contributed by atoms with van der Waals surface area (Å²) >= 11 is 11.8. The van der Waals surface area contributed by atoms with Crippen molar-refractivity contribution in [3.05, 3.63) is 88.9 Å². The molecule has 5 rings (SSSR count). The number of hydrogen-bond donors (Lipinski definition) is 2. The van der Waals surface area contributed by atoms with Crippen LogP contribution in [0.2, 0.25) is 5.02 Å². The van der Waals surface area contributed by atoms with Gasteiger partial charge in [-0.1, -0.05) is 48.9 Å². The van der Waals surface area contributed by atoms with Crippen molar-refractivity contribution in [3.63, 3.8) is 0 Å². The van der Waals surface area contributed by atoms with E-state index in [0.717, 1.165) is 23.4 Å². The molecule has 3 aromatic rings. The number of carbonyl (C=O) groups is 1. The zero-order valence-corrected chi connectivity index (χ0v) is 19.9. The van der Waals surface area contributed by atoms with Gasteiger partial charge < -0.3 is 15.4 Å². The molecule has 33 heavy (non-hydrogen) atoms. The van der Waals surface area contributed by atoms with E-state index in [4.69, 9.17) is 28.6 Å². The molecule has 2 aliphatic heterocycles. The van der Waals surface area contributed by atoms with Crippen LogP contribution in [0.25, 0.3) is 0 Å². The number of thiocarbonyl (C=S) groups is 1. The first-order valence-corrected chi connectivity index (χ1v) is 11.7. The highest BCUT2D eigenvalue weighted by atomic mass is 35.5. The van der Waals surface area contributed by atoms with Crippen LogP contribution in [0.5, 0.6) is 5.75 Å². The Kier molecular flexibility index (Phi) is 5.51. The Morgan fingerprint density at radius 3 is 2.52 bits per heavy atom. The third kappa shape index (κ3) is 3.73. The minimum Gasteiger partial charge on any atom is -0.467 e. The van der Waals surface area contributed by atoms with Crippen LogP contribution in [0.4, 0.5) is 11.4 Å². The molecule has 1 saturated heterocycles.